The second-order valence-corrected chi connectivity index (χ2v) is 5.54. The first kappa shape index (κ1) is 14.3. The summed E-state index contributed by atoms with van der Waals surface area (Å²) in [4.78, 5) is 11.7. The lowest BCUT2D eigenvalue weighted by molar-refractivity contribution is -0.384. The number of nitrogens with one attached hydrogen (secondary N) is 1. The van der Waals surface area contributed by atoms with Crippen molar-refractivity contribution in [1.29, 1.82) is 0 Å². The maximum atomic E-state index is 10.9. The van der Waals surface area contributed by atoms with Gasteiger partial charge in [-0.2, -0.15) is 0 Å². The molecule has 0 fully saturated rings. The highest BCUT2D eigenvalue weighted by Gasteiger charge is 2.12. The fourth-order valence-corrected chi connectivity index (χ4v) is 2.79. The maximum Gasteiger partial charge on any atom is 0.275 e. The van der Waals surface area contributed by atoms with Gasteiger partial charge in [-0.3, -0.25) is 10.1 Å². The van der Waals surface area contributed by atoms with Gasteiger partial charge in [0.25, 0.3) is 5.69 Å². The first-order chi connectivity index (χ1) is 9.58. The molecule has 0 aliphatic rings. The van der Waals surface area contributed by atoms with E-state index in [1.807, 2.05) is 18.4 Å². The fourth-order valence-electron chi connectivity index (χ4n) is 1.96. The quantitative estimate of drug-likeness (QED) is 0.651. The second kappa shape index (κ2) is 6.38. The number of thiophene rings is 1. The van der Waals surface area contributed by atoms with Crippen molar-refractivity contribution in [2.45, 2.75) is 19.4 Å². The van der Waals surface area contributed by atoms with Crippen LogP contribution in [0.2, 0.25) is 0 Å². The van der Waals surface area contributed by atoms with E-state index in [1.54, 1.807) is 17.4 Å². The third-order valence-electron chi connectivity index (χ3n) is 2.84. The Morgan fingerprint density at radius 3 is 2.85 bits per heavy atom. The summed E-state index contributed by atoms with van der Waals surface area (Å²) in [6, 6.07) is 8.97. The van der Waals surface area contributed by atoms with Crippen LogP contribution in [0.1, 0.15) is 11.8 Å². The minimum atomic E-state index is -0.419. The number of hydrogen-bond acceptors (Lipinski definition) is 5. The molecule has 0 radical (unpaired) electrons. The molecule has 2 aromatic rings. The van der Waals surface area contributed by atoms with Crippen LogP contribution >= 0.6 is 11.3 Å². The number of non-ortho nitro benzene ring substituents is 1. The highest BCUT2D eigenvalue weighted by molar-refractivity contribution is 7.09. The molecule has 0 saturated heterocycles. The smallest absolute Gasteiger partial charge is 0.275 e. The first-order valence-electron chi connectivity index (χ1n) is 6.21. The zero-order valence-electron chi connectivity index (χ0n) is 11.3. The van der Waals surface area contributed by atoms with E-state index in [0.717, 1.165) is 6.42 Å². The Morgan fingerprint density at radius 2 is 2.25 bits per heavy atom. The number of nitro benzene ring substituents is 1. The summed E-state index contributed by atoms with van der Waals surface area (Å²) in [5, 5.41) is 16.2. The molecule has 0 aliphatic heterocycles. The van der Waals surface area contributed by atoms with Crippen molar-refractivity contribution in [3.8, 4) is 5.75 Å². The number of ether oxygens (including phenoxy) is 1. The van der Waals surface area contributed by atoms with Gasteiger partial charge in [0, 0.05) is 35.2 Å². The number of nitrogens with zero attached hydrogens (tertiary/aromatic N) is 1. The molecule has 0 amide bonds. The number of rotatable bonds is 6. The molecule has 1 atom stereocenters. The Balaban J connectivity index is 2.11. The van der Waals surface area contributed by atoms with Crippen molar-refractivity contribution in [2.75, 3.05) is 12.4 Å². The predicted octanol–water partition coefficient (Wildman–Crippen LogP) is 3.71. The molecule has 0 bridgehead atoms. The maximum absolute atomic E-state index is 10.9. The van der Waals surface area contributed by atoms with Crippen molar-refractivity contribution >= 4 is 22.7 Å². The van der Waals surface area contributed by atoms with Gasteiger partial charge in [0.1, 0.15) is 5.75 Å². The molecule has 5 nitrogen and oxygen atoms in total. The molecular weight excluding hydrogens is 276 g/mol. The number of anilines is 1. The molecule has 1 aromatic carbocycles. The van der Waals surface area contributed by atoms with Crippen molar-refractivity contribution in [3.63, 3.8) is 0 Å². The van der Waals surface area contributed by atoms with Crippen LogP contribution in [0.5, 0.6) is 5.75 Å². The van der Waals surface area contributed by atoms with Gasteiger partial charge in [-0.05, 0) is 18.4 Å². The summed E-state index contributed by atoms with van der Waals surface area (Å²) in [5.41, 5.74) is 0.718. The Labute approximate surface area is 121 Å². The molecule has 1 unspecified atom stereocenters. The van der Waals surface area contributed by atoms with Gasteiger partial charge in [0.15, 0.2) is 0 Å². The standard InChI is InChI=1S/C14H16N2O3S/c1-10(6-14-4-3-5-20-14)15-11-7-12(16(17)18)9-13(8-11)19-2/h3-5,7-10,15H,6H2,1-2H3. The molecule has 1 heterocycles. The highest BCUT2D eigenvalue weighted by atomic mass is 32.1. The van der Waals surface area contributed by atoms with E-state index >= 15 is 0 Å². The van der Waals surface area contributed by atoms with Crippen LogP contribution in [0.15, 0.2) is 35.7 Å². The van der Waals surface area contributed by atoms with Crippen LogP contribution in [0.3, 0.4) is 0 Å². The number of benzene rings is 1. The average molecular weight is 292 g/mol. The minimum Gasteiger partial charge on any atom is -0.496 e. The van der Waals surface area contributed by atoms with Gasteiger partial charge in [-0.15, -0.1) is 11.3 Å². The first-order valence-corrected chi connectivity index (χ1v) is 7.09. The van der Waals surface area contributed by atoms with Gasteiger partial charge >= 0.3 is 0 Å². The Bertz CT molecular complexity index is 584. The average Bonchev–Trinajstić information content (AvgIpc) is 2.90. The minimum absolute atomic E-state index is 0.0233. The molecule has 1 N–H and O–H groups in total. The summed E-state index contributed by atoms with van der Waals surface area (Å²) in [5.74, 6) is 0.477. The van der Waals surface area contributed by atoms with Gasteiger partial charge in [0.05, 0.1) is 18.1 Å². The SMILES string of the molecule is COc1cc(NC(C)Cc2cccs2)cc([N+](=O)[O-])c1. The lowest BCUT2D eigenvalue weighted by Crippen LogP contribution is -2.17. The molecular formula is C14H16N2O3S. The van der Waals surface area contributed by atoms with E-state index in [2.05, 4.69) is 11.4 Å². The van der Waals surface area contributed by atoms with Crippen molar-refractivity contribution in [1.82, 2.24) is 0 Å². The number of methoxy groups -OCH3 is 1. The molecule has 0 aliphatic carbocycles. The van der Waals surface area contributed by atoms with E-state index in [4.69, 9.17) is 4.74 Å². The van der Waals surface area contributed by atoms with E-state index < -0.39 is 4.92 Å². The van der Waals surface area contributed by atoms with Crippen molar-refractivity contribution < 1.29 is 9.66 Å². The monoisotopic (exact) mass is 292 g/mol. The summed E-state index contributed by atoms with van der Waals surface area (Å²) < 4.78 is 5.09. The molecule has 106 valence electrons. The van der Waals surface area contributed by atoms with E-state index in [0.29, 0.717) is 11.4 Å². The zero-order valence-corrected chi connectivity index (χ0v) is 12.1. The molecule has 2 rings (SSSR count). The molecule has 0 spiro atoms. The van der Waals surface area contributed by atoms with E-state index in [-0.39, 0.29) is 11.7 Å². The Hall–Kier alpha value is -2.08. The van der Waals surface area contributed by atoms with Gasteiger partial charge in [-0.1, -0.05) is 6.07 Å². The van der Waals surface area contributed by atoms with Crippen LogP contribution in [0.4, 0.5) is 11.4 Å². The molecule has 6 heteroatoms. The van der Waals surface area contributed by atoms with Crippen molar-refractivity contribution in [3.05, 3.63) is 50.7 Å². The van der Waals surface area contributed by atoms with Crippen LogP contribution in [-0.4, -0.2) is 18.1 Å². The Morgan fingerprint density at radius 1 is 1.45 bits per heavy atom. The Kier molecular flexibility index (Phi) is 4.57. The zero-order chi connectivity index (χ0) is 14.5. The number of nitro groups is 1. The normalized spacial score (nSPS) is 11.9. The summed E-state index contributed by atoms with van der Waals surface area (Å²) in [6.07, 6.45) is 0.878. The highest BCUT2D eigenvalue weighted by Crippen LogP contribution is 2.26. The van der Waals surface area contributed by atoms with Crippen LogP contribution < -0.4 is 10.1 Å². The van der Waals surface area contributed by atoms with E-state index in [9.17, 15) is 10.1 Å². The molecule has 1 aromatic heterocycles. The fraction of sp³-hybridized carbons (Fsp3) is 0.286. The van der Waals surface area contributed by atoms with Gasteiger partial charge < -0.3 is 10.1 Å². The van der Waals surface area contributed by atoms with E-state index in [1.165, 1.54) is 24.1 Å². The van der Waals surface area contributed by atoms with Gasteiger partial charge in [-0.25, -0.2) is 0 Å². The van der Waals surface area contributed by atoms with Gasteiger partial charge in [0.2, 0.25) is 0 Å². The predicted molar refractivity (Wildman–Crippen MR) is 80.8 cm³/mol. The third-order valence-corrected chi connectivity index (χ3v) is 3.74. The lowest BCUT2D eigenvalue weighted by Gasteiger charge is -2.15. The molecule has 0 saturated carbocycles. The van der Waals surface area contributed by atoms with Crippen LogP contribution in [-0.2, 0) is 6.42 Å². The molecule has 20 heavy (non-hydrogen) atoms. The second-order valence-electron chi connectivity index (χ2n) is 4.51. The lowest BCUT2D eigenvalue weighted by atomic mass is 10.2. The number of hydrogen-bond donors (Lipinski definition) is 1. The van der Waals surface area contributed by atoms with Crippen LogP contribution in [0, 0.1) is 10.1 Å². The summed E-state index contributed by atoms with van der Waals surface area (Å²) in [7, 11) is 1.50. The largest absolute Gasteiger partial charge is 0.496 e. The topological polar surface area (TPSA) is 64.4 Å². The summed E-state index contributed by atoms with van der Waals surface area (Å²) in [6.45, 7) is 2.05. The van der Waals surface area contributed by atoms with Crippen molar-refractivity contribution in [2.24, 2.45) is 0 Å². The third kappa shape index (κ3) is 3.71. The summed E-state index contributed by atoms with van der Waals surface area (Å²) >= 11 is 1.70. The van der Waals surface area contributed by atoms with Crippen LogP contribution in [0.25, 0.3) is 0 Å².